The Morgan fingerprint density at radius 1 is 0.473 bits per heavy atom. The van der Waals surface area contributed by atoms with Crippen molar-refractivity contribution in [2.24, 2.45) is 0 Å². The molecule has 0 amide bonds. The van der Waals surface area contributed by atoms with Gasteiger partial charge < -0.3 is 19.1 Å². The molecule has 5 nitrogen and oxygen atoms in total. The number of hydrogen-bond acceptors (Lipinski definition) is 4. The minimum Gasteiger partial charge on any atom is -0.509 e. The van der Waals surface area contributed by atoms with Crippen molar-refractivity contribution in [2.75, 3.05) is 9.80 Å². The second-order valence-electron chi connectivity index (χ2n) is 23.9. The van der Waals surface area contributed by atoms with Gasteiger partial charge in [-0.3, -0.25) is 0 Å². The minimum atomic E-state index is -0.501. The predicted octanol–water partition coefficient (Wildman–Crippen LogP) is 17.7. The molecule has 6 heteroatoms. The summed E-state index contributed by atoms with van der Waals surface area (Å²) < 4.78 is 9.53. The first-order valence-electron chi connectivity index (χ1n) is 25.8. The van der Waals surface area contributed by atoms with Gasteiger partial charge in [-0.15, -0.1) is 53.8 Å². The summed E-state index contributed by atoms with van der Waals surface area (Å²) in [4.78, 5) is 9.84. The van der Waals surface area contributed by atoms with Gasteiger partial charge >= 0.3 is 0 Å². The van der Waals surface area contributed by atoms with E-state index < -0.39 is 10.8 Å². The number of pyridine rings is 1. The maximum Gasteiger partial charge on any atom is 0.135 e. The largest absolute Gasteiger partial charge is 0.509 e. The molecular weight excluding hydrogens is 1080 g/mol. The molecule has 0 atom stereocenters. The smallest absolute Gasteiger partial charge is 0.135 e. The summed E-state index contributed by atoms with van der Waals surface area (Å²) in [5.41, 5.74) is 13.1. The fourth-order valence-electron chi connectivity index (χ4n) is 10.6. The van der Waals surface area contributed by atoms with Crippen molar-refractivity contribution in [2.45, 2.75) is 117 Å². The van der Waals surface area contributed by atoms with Gasteiger partial charge in [0.1, 0.15) is 5.82 Å². The van der Waals surface area contributed by atoms with Gasteiger partial charge in [-0.1, -0.05) is 222 Å². The van der Waals surface area contributed by atoms with Crippen molar-refractivity contribution in [1.82, 2.24) is 9.55 Å². The SMILES string of the molecule is CC(C)(C)c1cccc(N2[CH-]N(c3[c-]c(Oc4[c-]c5c(c(C(C)(C)C)c4)c4ccccc4n5-c4cc(C(C)(C)C)ccn4)cc(-c4ccccc4)c3)C(C(C)(C)c3ccccc3)=C2C(C)(C)c2ccccc2)c1.[Pt]. The van der Waals surface area contributed by atoms with Crippen LogP contribution in [-0.2, 0) is 48.1 Å². The second kappa shape index (κ2) is 19.5. The first kappa shape index (κ1) is 52.2. The topological polar surface area (TPSA) is 33.5 Å². The summed E-state index contributed by atoms with van der Waals surface area (Å²) in [5.74, 6) is 2.05. The quantitative estimate of drug-likeness (QED) is 0.128. The van der Waals surface area contributed by atoms with E-state index in [1.54, 1.807) is 0 Å². The van der Waals surface area contributed by atoms with Crippen LogP contribution in [0.15, 0.2) is 187 Å². The van der Waals surface area contributed by atoms with Crippen molar-refractivity contribution in [3.05, 3.63) is 234 Å². The molecule has 0 saturated heterocycles. The molecule has 380 valence electrons. The van der Waals surface area contributed by atoms with Crippen LogP contribution in [0, 0.1) is 18.8 Å². The zero-order valence-corrected chi connectivity index (χ0v) is 47.6. The summed E-state index contributed by atoms with van der Waals surface area (Å²) in [5, 5.41) is 2.31. The molecular formula is C68H69N4OPt-3. The predicted molar refractivity (Wildman–Crippen MR) is 306 cm³/mol. The van der Waals surface area contributed by atoms with E-state index in [4.69, 9.17) is 9.72 Å². The summed E-state index contributed by atoms with van der Waals surface area (Å²) in [7, 11) is 0. The molecule has 0 fully saturated rings. The molecule has 0 N–H and O–H groups in total. The first-order valence-corrected chi connectivity index (χ1v) is 25.8. The Morgan fingerprint density at radius 2 is 1.01 bits per heavy atom. The summed E-state index contributed by atoms with van der Waals surface area (Å²) in [6, 6.07) is 68.8. The van der Waals surface area contributed by atoms with Crippen LogP contribution in [0.2, 0.25) is 0 Å². The van der Waals surface area contributed by atoms with Gasteiger partial charge in [-0.05, 0) is 79.8 Å². The molecule has 0 spiro atoms. The number of para-hydroxylation sites is 1. The fourth-order valence-corrected chi connectivity index (χ4v) is 10.6. The molecule has 0 bridgehead atoms. The maximum absolute atomic E-state index is 7.27. The number of allylic oxidation sites excluding steroid dienone is 2. The Balaban J connectivity index is 0.00000672. The number of ether oxygens (including phenoxy) is 1. The summed E-state index contributed by atoms with van der Waals surface area (Å²) in [6.07, 6.45) is 1.93. The molecule has 0 radical (unpaired) electrons. The van der Waals surface area contributed by atoms with E-state index in [2.05, 4.69) is 293 Å². The normalized spacial score (nSPS) is 13.7. The third-order valence-corrected chi connectivity index (χ3v) is 14.8. The Bertz CT molecular complexity index is 3510. The molecule has 10 rings (SSSR count). The Hall–Kier alpha value is -6.68. The summed E-state index contributed by atoms with van der Waals surface area (Å²) >= 11 is 0. The van der Waals surface area contributed by atoms with E-state index in [1.807, 2.05) is 6.20 Å². The Morgan fingerprint density at radius 3 is 1.62 bits per heavy atom. The molecule has 7 aromatic carbocycles. The van der Waals surface area contributed by atoms with Crippen LogP contribution in [-0.4, -0.2) is 9.55 Å². The second-order valence-corrected chi connectivity index (χ2v) is 23.9. The maximum atomic E-state index is 7.27. The van der Waals surface area contributed by atoms with Crippen molar-refractivity contribution in [1.29, 1.82) is 0 Å². The van der Waals surface area contributed by atoms with E-state index in [1.165, 1.54) is 33.5 Å². The van der Waals surface area contributed by atoms with Crippen LogP contribution in [0.4, 0.5) is 11.4 Å². The van der Waals surface area contributed by atoms with Crippen LogP contribution in [0.25, 0.3) is 38.8 Å². The zero-order chi connectivity index (χ0) is 51.7. The van der Waals surface area contributed by atoms with Crippen LogP contribution in [0.5, 0.6) is 11.5 Å². The van der Waals surface area contributed by atoms with Crippen LogP contribution in [0.1, 0.15) is 118 Å². The number of hydrogen-bond donors (Lipinski definition) is 0. The van der Waals surface area contributed by atoms with Gasteiger partial charge in [0, 0.05) is 72.2 Å². The van der Waals surface area contributed by atoms with Crippen LogP contribution in [0.3, 0.4) is 0 Å². The van der Waals surface area contributed by atoms with Gasteiger partial charge in [0.15, 0.2) is 0 Å². The van der Waals surface area contributed by atoms with Crippen molar-refractivity contribution < 1.29 is 25.8 Å². The van der Waals surface area contributed by atoms with Gasteiger partial charge in [0.2, 0.25) is 0 Å². The molecule has 1 aliphatic rings. The number of rotatable bonds is 10. The molecule has 0 unspecified atom stereocenters. The van der Waals surface area contributed by atoms with E-state index in [-0.39, 0.29) is 37.3 Å². The molecule has 3 heterocycles. The van der Waals surface area contributed by atoms with E-state index >= 15 is 0 Å². The fraction of sp³-hybridized carbons (Fsp3) is 0.265. The Kier molecular flexibility index (Phi) is 13.8. The molecule has 0 saturated carbocycles. The number of aromatic nitrogens is 2. The number of anilines is 2. The van der Waals surface area contributed by atoms with E-state index in [0.717, 1.165) is 55.8 Å². The van der Waals surface area contributed by atoms with Crippen molar-refractivity contribution >= 4 is 33.2 Å². The molecule has 9 aromatic rings. The third kappa shape index (κ3) is 9.77. The average Bonchev–Trinajstić information content (AvgIpc) is 3.95. The molecule has 74 heavy (non-hydrogen) atoms. The molecule has 0 aliphatic carbocycles. The van der Waals surface area contributed by atoms with Gasteiger partial charge in [0.05, 0.1) is 0 Å². The Labute approximate surface area is 455 Å². The first-order chi connectivity index (χ1) is 34.6. The molecule has 2 aromatic heterocycles. The zero-order valence-electron chi connectivity index (χ0n) is 45.3. The summed E-state index contributed by atoms with van der Waals surface area (Å²) in [6.45, 7) is 32.2. The van der Waals surface area contributed by atoms with Gasteiger partial charge in [-0.2, -0.15) is 0 Å². The van der Waals surface area contributed by atoms with Crippen molar-refractivity contribution in [3.8, 4) is 28.4 Å². The molecule has 1 aliphatic heterocycles. The standard InChI is InChI=1S/C68H69N4O.Pt/c1-64(2,3)50-32-25-33-52(40-50)70-45-71(63(68(12,13)49-30-21-16-22-31-49)62(70)67(10,11)48-28-19-15-20-29-48)53-38-47(46-26-17-14-18-27-46)39-54(42-53)73-55-43-57(66(7,8)9)61-56-34-23-24-35-58(56)72(59(61)44-55)60-41-51(36-37-69-60)65(4,5)6;/h14-41,43,45H,1-13H3;/q-3;. The van der Waals surface area contributed by atoms with Gasteiger partial charge in [0.25, 0.3) is 0 Å². The number of nitrogens with zero attached hydrogens (tertiary/aromatic N) is 4. The number of fused-ring (bicyclic) bond motifs is 3. The minimum absolute atomic E-state index is 0. The van der Waals surface area contributed by atoms with E-state index in [9.17, 15) is 0 Å². The van der Waals surface area contributed by atoms with Crippen LogP contribution < -0.4 is 14.5 Å². The van der Waals surface area contributed by atoms with E-state index in [0.29, 0.717) is 11.5 Å². The van der Waals surface area contributed by atoms with Crippen molar-refractivity contribution in [3.63, 3.8) is 0 Å². The third-order valence-electron chi connectivity index (χ3n) is 14.8. The number of benzene rings is 7. The monoisotopic (exact) mass is 1150 g/mol. The van der Waals surface area contributed by atoms with Gasteiger partial charge in [-0.25, -0.2) is 4.98 Å². The van der Waals surface area contributed by atoms with Crippen LogP contribution >= 0.6 is 0 Å². The average molecular weight is 1150 g/mol.